The van der Waals surface area contributed by atoms with Crippen LogP contribution in [0.15, 0.2) is 11.6 Å². The van der Waals surface area contributed by atoms with E-state index in [0.717, 1.165) is 22.3 Å². The largest absolute Gasteiger partial charge is 0.496 e. The molecule has 0 saturated carbocycles. The maximum absolute atomic E-state index is 12.2. The predicted octanol–water partition coefficient (Wildman–Crippen LogP) is 3.59. The molecule has 0 atom stereocenters. The third kappa shape index (κ3) is 5.08. The molecule has 0 unspecified atom stereocenters. The summed E-state index contributed by atoms with van der Waals surface area (Å²) >= 11 is 1.29. The summed E-state index contributed by atoms with van der Waals surface area (Å²) in [5, 5.41) is 11.8. The van der Waals surface area contributed by atoms with Gasteiger partial charge in [-0.05, 0) is 32.3 Å². The minimum Gasteiger partial charge on any atom is -0.496 e. The van der Waals surface area contributed by atoms with Gasteiger partial charge in [0.15, 0.2) is 0 Å². The summed E-state index contributed by atoms with van der Waals surface area (Å²) in [5.41, 5.74) is 3.96. The molecule has 3 rings (SSSR count). The van der Waals surface area contributed by atoms with Gasteiger partial charge in [-0.3, -0.25) is 4.79 Å². The van der Waals surface area contributed by atoms with E-state index in [2.05, 4.69) is 15.5 Å². The van der Waals surface area contributed by atoms with Gasteiger partial charge in [-0.1, -0.05) is 23.0 Å². The number of methoxy groups -OCH3 is 3. The Kier molecular flexibility index (Phi) is 7.81. The number of hydrogen-bond donors (Lipinski definition) is 1. The molecule has 10 heteroatoms. The molecule has 1 aromatic heterocycles. The highest BCUT2D eigenvalue weighted by molar-refractivity contribution is 7.15. The van der Waals surface area contributed by atoms with Crippen LogP contribution in [0, 0.1) is 6.92 Å². The first-order valence-electron chi connectivity index (χ1n) is 10.1. The number of nitrogens with zero attached hydrogens (tertiary/aromatic N) is 2. The molecule has 2 heterocycles. The number of hydrogen-bond acceptors (Lipinski definition) is 9. The highest BCUT2D eigenvalue weighted by Crippen LogP contribution is 2.42. The van der Waals surface area contributed by atoms with Crippen molar-refractivity contribution in [2.75, 3.05) is 26.6 Å². The van der Waals surface area contributed by atoms with Gasteiger partial charge < -0.3 is 24.3 Å². The number of fused-ring (bicyclic) bond motifs is 1. The Morgan fingerprint density at radius 2 is 1.94 bits per heavy atom. The molecule has 9 nitrogen and oxygen atoms in total. The summed E-state index contributed by atoms with van der Waals surface area (Å²) < 4.78 is 21.4. The lowest BCUT2D eigenvalue weighted by molar-refractivity contribution is -0.116. The number of nitrogens with one attached hydrogen (secondary N) is 1. The van der Waals surface area contributed by atoms with Gasteiger partial charge >= 0.3 is 5.97 Å². The van der Waals surface area contributed by atoms with Gasteiger partial charge in [0.05, 0.1) is 14.2 Å². The summed E-state index contributed by atoms with van der Waals surface area (Å²) in [6.07, 6.45) is 3.40. The highest BCUT2D eigenvalue weighted by atomic mass is 32.1. The van der Waals surface area contributed by atoms with Crippen molar-refractivity contribution in [3.63, 3.8) is 0 Å². The monoisotopic (exact) mass is 461 g/mol. The lowest BCUT2D eigenvalue weighted by Gasteiger charge is -2.18. The van der Waals surface area contributed by atoms with Gasteiger partial charge in [0.25, 0.3) is 0 Å². The van der Waals surface area contributed by atoms with Crippen LogP contribution in [-0.4, -0.2) is 43.4 Å². The van der Waals surface area contributed by atoms with Crippen LogP contribution in [-0.2, 0) is 33.9 Å². The maximum Gasteiger partial charge on any atom is 0.342 e. The van der Waals surface area contributed by atoms with Crippen molar-refractivity contribution in [2.45, 2.75) is 46.3 Å². The number of benzene rings is 1. The average molecular weight is 462 g/mol. The van der Waals surface area contributed by atoms with Crippen molar-refractivity contribution < 1.29 is 28.5 Å². The number of cyclic esters (lactones) is 1. The van der Waals surface area contributed by atoms with Crippen LogP contribution in [0.3, 0.4) is 0 Å². The number of carbonyl (C=O) groups excluding carboxylic acids is 2. The van der Waals surface area contributed by atoms with Gasteiger partial charge in [-0.15, -0.1) is 10.2 Å². The Morgan fingerprint density at radius 3 is 2.62 bits per heavy atom. The lowest BCUT2D eigenvalue weighted by Crippen LogP contribution is -2.11. The quantitative estimate of drug-likeness (QED) is 0.422. The van der Waals surface area contributed by atoms with Gasteiger partial charge in [0, 0.05) is 24.7 Å². The molecule has 0 spiro atoms. The molecule has 1 aliphatic rings. The Morgan fingerprint density at radius 1 is 1.19 bits per heavy atom. The summed E-state index contributed by atoms with van der Waals surface area (Å²) in [4.78, 5) is 24.5. The van der Waals surface area contributed by atoms with E-state index in [0.29, 0.717) is 53.1 Å². The molecule has 0 aliphatic carbocycles. The molecule has 1 amide bonds. The number of anilines is 1. The molecule has 0 bridgehead atoms. The second-order valence-corrected chi connectivity index (χ2v) is 8.40. The van der Waals surface area contributed by atoms with E-state index in [9.17, 15) is 9.59 Å². The molecule has 0 radical (unpaired) electrons. The third-order valence-electron chi connectivity index (χ3n) is 5.21. The molecule has 32 heavy (non-hydrogen) atoms. The van der Waals surface area contributed by atoms with Crippen LogP contribution in [0.4, 0.5) is 5.13 Å². The third-order valence-corrected chi connectivity index (χ3v) is 6.02. The van der Waals surface area contributed by atoms with Crippen LogP contribution in [0.25, 0.3) is 0 Å². The van der Waals surface area contributed by atoms with Crippen molar-refractivity contribution >= 4 is 28.3 Å². The summed E-state index contributed by atoms with van der Waals surface area (Å²) in [5.74, 6) is 0.648. The van der Waals surface area contributed by atoms with E-state index in [1.807, 2.05) is 19.9 Å². The summed E-state index contributed by atoms with van der Waals surface area (Å²) in [6, 6.07) is 0. The van der Waals surface area contributed by atoms with Gasteiger partial charge in [-0.2, -0.15) is 0 Å². The SMILES string of the molecule is COCc1nnc(NC(=O)CC/C(C)=C/Cc2c(OC)c(C)c3c(c2OC)C(=O)OC3)s1. The zero-order valence-corrected chi connectivity index (χ0v) is 19.7. The number of ether oxygens (including phenoxy) is 4. The first-order valence-corrected chi connectivity index (χ1v) is 10.9. The molecule has 2 aromatic rings. The van der Waals surface area contributed by atoms with Gasteiger partial charge in [0.2, 0.25) is 11.0 Å². The number of rotatable bonds is 10. The van der Waals surface area contributed by atoms with Crippen molar-refractivity contribution in [3.8, 4) is 11.5 Å². The Labute approximate surface area is 190 Å². The molecule has 172 valence electrons. The summed E-state index contributed by atoms with van der Waals surface area (Å²) in [6.45, 7) is 4.46. The van der Waals surface area contributed by atoms with Crippen LogP contribution in [0.1, 0.15) is 51.8 Å². The molecular weight excluding hydrogens is 434 g/mol. The Hall–Kier alpha value is -2.98. The zero-order chi connectivity index (χ0) is 23.3. The fraction of sp³-hybridized carbons (Fsp3) is 0.455. The van der Waals surface area contributed by atoms with E-state index in [4.69, 9.17) is 18.9 Å². The van der Waals surface area contributed by atoms with Crippen molar-refractivity contribution in [3.05, 3.63) is 38.9 Å². The molecule has 1 aliphatic heterocycles. The smallest absolute Gasteiger partial charge is 0.342 e. The van der Waals surface area contributed by atoms with Gasteiger partial charge in [-0.25, -0.2) is 4.79 Å². The van der Waals surface area contributed by atoms with Crippen LogP contribution >= 0.6 is 11.3 Å². The molecular formula is C22H27N3O6S. The number of esters is 1. The maximum atomic E-state index is 12.2. The van der Waals surface area contributed by atoms with E-state index in [1.165, 1.54) is 18.4 Å². The van der Waals surface area contributed by atoms with Crippen molar-refractivity contribution in [1.82, 2.24) is 10.2 Å². The van der Waals surface area contributed by atoms with E-state index >= 15 is 0 Å². The normalized spacial score (nSPS) is 13.0. The number of allylic oxidation sites excluding steroid dienone is 2. The highest BCUT2D eigenvalue weighted by Gasteiger charge is 2.32. The fourth-order valence-corrected chi connectivity index (χ4v) is 4.32. The van der Waals surface area contributed by atoms with E-state index in [1.54, 1.807) is 14.2 Å². The molecule has 1 N–H and O–H groups in total. The molecule has 1 aromatic carbocycles. The lowest BCUT2D eigenvalue weighted by atomic mass is 9.94. The first kappa shape index (κ1) is 23.7. The molecule has 0 fully saturated rings. The van der Waals surface area contributed by atoms with Crippen molar-refractivity contribution in [2.24, 2.45) is 0 Å². The van der Waals surface area contributed by atoms with Crippen LogP contribution in [0.5, 0.6) is 11.5 Å². The van der Waals surface area contributed by atoms with E-state index < -0.39 is 0 Å². The molecule has 0 saturated heterocycles. The zero-order valence-electron chi connectivity index (χ0n) is 18.9. The second kappa shape index (κ2) is 10.6. The minimum absolute atomic E-state index is 0.135. The fourth-order valence-electron chi connectivity index (χ4n) is 3.59. The standard InChI is InChI=1S/C22H27N3O6S/c1-12(7-9-16(26)23-22-25-24-17(32-22)11-28-3)6-8-14-19(29-4)13(2)15-10-31-21(27)18(15)20(14)30-5/h6H,7-11H2,1-5H3,(H,23,25,26)/b12-6+. The van der Waals surface area contributed by atoms with E-state index in [-0.39, 0.29) is 18.5 Å². The van der Waals surface area contributed by atoms with Crippen LogP contribution < -0.4 is 14.8 Å². The minimum atomic E-state index is -0.383. The number of amides is 1. The van der Waals surface area contributed by atoms with Gasteiger partial charge in [0.1, 0.15) is 35.3 Å². The predicted molar refractivity (Wildman–Crippen MR) is 119 cm³/mol. The second-order valence-electron chi connectivity index (χ2n) is 7.34. The first-order chi connectivity index (χ1) is 15.4. The van der Waals surface area contributed by atoms with Crippen LogP contribution in [0.2, 0.25) is 0 Å². The Bertz CT molecular complexity index is 1050. The number of aromatic nitrogens is 2. The number of carbonyl (C=O) groups is 2. The average Bonchev–Trinajstić information content (AvgIpc) is 3.38. The Balaban J connectivity index is 1.68. The summed E-state index contributed by atoms with van der Waals surface area (Å²) in [7, 11) is 4.71. The topological polar surface area (TPSA) is 109 Å². The van der Waals surface area contributed by atoms with Crippen molar-refractivity contribution in [1.29, 1.82) is 0 Å².